The molecule has 0 aliphatic carbocycles. The number of rotatable bonds is 10. The summed E-state index contributed by atoms with van der Waals surface area (Å²) in [5.41, 5.74) is 9.11. The Balaban J connectivity index is 2.78. The van der Waals surface area contributed by atoms with Gasteiger partial charge >= 0.3 is 13.3 Å². The zero-order valence-corrected chi connectivity index (χ0v) is 14.5. The first-order chi connectivity index (χ1) is 11.8. The quantitative estimate of drug-likeness (QED) is 0.154. The maximum Gasteiger partial charge on any atom is 0.451 e. The van der Waals surface area contributed by atoms with Crippen molar-refractivity contribution < 1.29 is 41.2 Å². The fourth-order valence-electron chi connectivity index (χ4n) is 2.56. The van der Waals surface area contributed by atoms with Gasteiger partial charge in [0.15, 0.2) is 5.72 Å². The highest BCUT2D eigenvalue weighted by atomic mass is 32.2. The van der Waals surface area contributed by atoms with Crippen molar-refractivity contribution in [2.45, 2.75) is 37.1 Å². The van der Waals surface area contributed by atoms with Crippen molar-refractivity contribution in [1.29, 1.82) is 0 Å². The molecule has 0 aromatic heterocycles. The minimum absolute atomic E-state index is 0.000887. The topological polar surface area (TPSA) is 168 Å². The second kappa shape index (κ2) is 8.82. The molecular formula is C11H22BF3N4O6S. The smallest absolute Gasteiger partial charge is 0.445 e. The van der Waals surface area contributed by atoms with Crippen LogP contribution in [0.3, 0.4) is 0 Å². The number of halogens is 3. The summed E-state index contributed by atoms with van der Waals surface area (Å²) in [7, 11) is -5.91. The lowest BCUT2D eigenvalue weighted by molar-refractivity contribution is -0.146. The van der Waals surface area contributed by atoms with Crippen LogP contribution in [0.2, 0.25) is 6.32 Å². The van der Waals surface area contributed by atoms with Crippen molar-refractivity contribution in [3.05, 3.63) is 0 Å². The van der Waals surface area contributed by atoms with Gasteiger partial charge in [0.2, 0.25) is 0 Å². The molecule has 3 atom stereocenters. The Morgan fingerprint density at radius 1 is 1.46 bits per heavy atom. The zero-order chi connectivity index (χ0) is 20.2. The number of carbonyl (C=O) groups is 1. The fourth-order valence-corrected chi connectivity index (χ4v) is 3.88. The molecule has 0 unspecified atom stereocenters. The Bertz CT molecular complexity index is 581. The normalized spacial score (nSPS) is 25.9. The molecule has 26 heavy (non-hydrogen) atoms. The van der Waals surface area contributed by atoms with Crippen LogP contribution in [-0.2, 0) is 19.7 Å². The molecule has 7 N–H and O–H groups in total. The highest BCUT2D eigenvalue weighted by molar-refractivity contribution is 7.87. The third-order valence-electron chi connectivity index (χ3n) is 4.07. The predicted molar refractivity (Wildman–Crippen MR) is 84.3 cm³/mol. The van der Waals surface area contributed by atoms with E-state index in [9.17, 15) is 26.4 Å². The number of alkyl halides is 3. The van der Waals surface area contributed by atoms with Gasteiger partial charge < -0.3 is 20.5 Å². The standard InChI is InChI=1S/C11H22BF3N4O6S/c13-11(14,15)9(16)4-18-26(23,24)19-5-8(2-1-3-12(21)22)10(17,6-19)25-7-20/h7-9,18,21-22H,1-6,16-17H2/t8-,9+,10+/m0/s1. The molecule has 1 heterocycles. The Morgan fingerprint density at radius 2 is 2.08 bits per heavy atom. The van der Waals surface area contributed by atoms with Gasteiger partial charge in [0.1, 0.15) is 6.04 Å². The summed E-state index contributed by atoms with van der Waals surface area (Å²) in [6, 6.07) is -2.38. The molecule has 1 saturated heterocycles. The second-order valence-corrected chi connectivity index (χ2v) is 7.83. The number of hydrogen-bond donors (Lipinski definition) is 5. The van der Waals surface area contributed by atoms with Crippen LogP contribution in [-0.4, -0.2) is 73.9 Å². The molecule has 15 heteroatoms. The lowest BCUT2D eigenvalue weighted by Gasteiger charge is -2.28. The van der Waals surface area contributed by atoms with E-state index in [1.165, 1.54) is 0 Å². The largest absolute Gasteiger partial charge is 0.451 e. The molecule has 1 aliphatic rings. The minimum Gasteiger partial charge on any atom is -0.445 e. The van der Waals surface area contributed by atoms with Crippen LogP contribution in [0.5, 0.6) is 0 Å². The molecule has 10 nitrogen and oxygen atoms in total. The molecule has 0 aromatic carbocycles. The molecule has 0 amide bonds. The molecule has 0 radical (unpaired) electrons. The van der Waals surface area contributed by atoms with E-state index in [4.69, 9.17) is 26.3 Å². The maximum atomic E-state index is 12.4. The van der Waals surface area contributed by atoms with Crippen molar-refractivity contribution in [1.82, 2.24) is 9.03 Å². The van der Waals surface area contributed by atoms with Crippen molar-refractivity contribution in [3.8, 4) is 0 Å². The number of hydrogen-bond acceptors (Lipinski definition) is 8. The number of nitrogens with zero attached hydrogens (tertiary/aromatic N) is 1. The van der Waals surface area contributed by atoms with Crippen LogP contribution in [0.15, 0.2) is 0 Å². The Morgan fingerprint density at radius 3 is 2.58 bits per heavy atom. The number of carbonyl (C=O) groups excluding carboxylic acids is 1. The highest BCUT2D eigenvalue weighted by Gasteiger charge is 2.49. The van der Waals surface area contributed by atoms with Crippen LogP contribution in [0.25, 0.3) is 0 Å². The summed E-state index contributed by atoms with van der Waals surface area (Å²) in [6.07, 6.45) is -4.31. The summed E-state index contributed by atoms with van der Waals surface area (Å²) in [5.74, 6) is -0.681. The van der Waals surface area contributed by atoms with Gasteiger partial charge in [-0.3, -0.25) is 10.5 Å². The van der Waals surface area contributed by atoms with E-state index in [0.717, 1.165) is 4.31 Å². The third-order valence-corrected chi connectivity index (χ3v) is 5.56. The Kier molecular flexibility index (Phi) is 7.82. The van der Waals surface area contributed by atoms with Crippen molar-refractivity contribution in [2.24, 2.45) is 17.4 Å². The van der Waals surface area contributed by atoms with Gasteiger partial charge in [-0.05, 0) is 12.7 Å². The monoisotopic (exact) mass is 406 g/mol. The van der Waals surface area contributed by atoms with Crippen molar-refractivity contribution in [3.63, 3.8) is 0 Å². The summed E-state index contributed by atoms with van der Waals surface area (Å²) in [6.45, 7) is -1.69. The summed E-state index contributed by atoms with van der Waals surface area (Å²) in [5, 5.41) is 17.7. The van der Waals surface area contributed by atoms with Crippen LogP contribution in [0.4, 0.5) is 13.2 Å². The highest BCUT2D eigenvalue weighted by Crippen LogP contribution is 2.32. The van der Waals surface area contributed by atoms with Crippen LogP contribution < -0.4 is 16.2 Å². The lowest BCUT2D eigenvalue weighted by Crippen LogP contribution is -2.52. The SMILES string of the molecule is N[C@H](CNS(=O)(=O)N1C[C@H](CCCB(O)O)[C@](N)(OC=O)C1)C(F)(F)F. The second-order valence-electron chi connectivity index (χ2n) is 6.07. The van der Waals surface area contributed by atoms with E-state index in [1.54, 1.807) is 4.72 Å². The van der Waals surface area contributed by atoms with Gasteiger partial charge in [0.05, 0.1) is 6.54 Å². The molecule has 152 valence electrons. The average Bonchev–Trinajstić information content (AvgIpc) is 2.82. The number of nitrogens with one attached hydrogen (secondary N) is 1. The number of nitrogens with two attached hydrogens (primary N) is 2. The first-order valence-electron chi connectivity index (χ1n) is 7.65. The van der Waals surface area contributed by atoms with Gasteiger partial charge in [-0.2, -0.15) is 25.9 Å². The molecular weight excluding hydrogens is 384 g/mol. The van der Waals surface area contributed by atoms with Crippen LogP contribution in [0.1, 0.15) is 12.8 Å². The molecule has 0 aromatic rings. The molecule has 0 saturated carbocycles. The van der Waals surface area contributed by atoms with Gasteiger partial charge in [-0.1, -0.05) is 6.42 Å². The Hall–Kier alpha value is -0.965. The average molecular weight is 406 g/mol. The van der Waals surface area contributed by atoms with E-state index in [0.29, 0.717) is 0 Å². The van der Waals surface area contributed by atoms with Gasteiger partial charge in [0, 0.05) is 19.0 Å². The van der Waals surface area contributed by atoms with Gasteiger partial charge in [-0.15, -0.1) is 0 Å². The molecule has 1 fully saturated rings. The van der Waals surface area contributed by atoms with E-state index in [-0.39, 0.29) is 32.2 Å². The third kappa shape index (κ3) is 6.33. The van der Waals surface area contributed by atoms with Crippen molar-refractivity contribution in [2.75, 3.05) is 19.6 Å². The van der Waals surface area contributed by atoms with E-state index < -0.39 is 54.3 Å². The first-order valence-corrected chi connectivity index (χ1v) is 9.09. The summed E-state index contributed by atoms with van der Waals surface area (Å²) < 4.78 is 68.9. The summed E-state index contributed by atoms with van der Waals surface area (Å²) in [4.78, 5) is 10.7. The van der Waals surface area contributed by atoms with Gasteiger partial charge in [0.25, 0.3) is 16.7 Å². The number of ether oxygens (including phenoxy) is 1. The van der Waals surface area contributed by atoms with Crippen LogP contribution in [0, 0.1) is 5.92 Å². The van der Waals surface area contributed by atoms with E-state index in [2.05, 4.69) is 0 Å². The molecule has 1 aliphatic heterocycles. The zero-order valence-electron chi connectivity index (χ0n) is 13.7. The maximum absolute atomic E-state index is 12.4. The van der Waals surface area contributed by atoms with Crippen molar-refractivity contribution >= 4 is 23.8 Å². The molecule has 0 bridgehead atoms. The minimum atomic E-state index is -4.76. The first kappa shape index (κ1) is 23.1. The lowest BCUT2D eigenvalue weighted by atomic mass is 9.81. The van der Waals surface area contributed by atoms with Crippen LogP contribution >= 0.6 is 0 Å². The fraction of sp³-hybridized carbons (Fsp3) is 0.909. The van der Waals surface area contributed by atoms with Gasteiger partial charge in [-0.25, -0.2) is 4.72 Å². The molecule has 1 rings (SSSR count). The Labute approximate surface area is 149 Å². The predicted octanol–water partition coefficient (Wildman–Crippen LogP) is -2.28. The summed E-state index contributed by atoms with van der Waals surface area (Å²) >= 11 is 0. The van der Waals surface area contributed by atoms with E-state index in [1.807, 2.05) is 0 Å². The van der Waals surface area contributed by atoms with E-state index >= 15 is 0 Å². The molecule has 0 spiro atoms.